The molecule has 0 radical (unpaired) electrons. The maximum absolute atomic E-state index is 10.9. The summed E-state index contributed by atoms with van der Waals surface area (Å²) in [4.78, 5) is 4.41. The minimum atomic E-state index is -0.805. The highest BCUT2D eigenvalue weighted by molar-refractivity contribution is 5.21. The summed E-state index contributed by atoms with van der Waals surface area (Å²) in [6.07, 6.45) is 4.70. The van der Waals surface area contributed by atoms with Gasteiger partial charge in [0.2, 0.25) is 5.88 Å². The molecule has 0 bridgehead atoms. The Labute approximate surface area is 126 Å². The van der Waals surface area contributed by atoms with Gasteiger partial charge in [-0.15, -0.1) is 0 Å². The lowest BCUT2D eigenvalue weighted by Gasteiger charge is -2.37. The van der Waals surface area contributed by atoms with Gasteiger partial charge in [-0.05, 0) is 44.7 Å². The van der Waals surface area contributed by atoms with Gasteiger partial charge in [-0.1, -0.05) is 6.07 Å². The molecule has 1 atom stereocenters. The first kappa shape index (κ1) is 14.8. The van der Waals surface area contributed by atoms with Crippen LogP contribution in [0.1, 0.15) is 37.8 Å². The van der Waals surface area contributed by atoms with E-state index in [0.717, 1.165) is 44.5 Å². The zero-order chi connectivity index (χ0) is 14.7. The van der Waals surface area contributed by atoms with Crippen LogP contribution in [-0.4, -0.2) is 42.4 Å². The second-order valence-electron chi connectivity index (χ2n) is 6.23. The summed E-state index contributed by atoms with van der Waals surface area (Å²) in [5.74, 6) is 0.568. The lowest BCUT2D eigenvalue weighted by Crippen LogP contribution is -2.45. The predicted octanol–water partition coefficient (Wildman–Crippen LogP) is 1.17. The Morgan fingerprint density at radius 3 is 2.76 bits per heavy atom. The third-order valence-corrected chi connectivity index (χ3v) is 4.75. The molecule has 5 nitrogen and oxygen atoms in total. The smallest absolute Gasteiger partial charge is 0.213 e. The molecule has 0 amide bonds. The van der Waals surface area contributed by atoms with Crippen molar-refractivity contribution in [1.82, 2.24) is 15.6 Å². The molecule has 1 aromatic rings. The van der Waals surface area contributed by atoms with E-state index in [2.05, 4.69) is 15.6 Å². The number of hydrogen-bond donors (Lipinski definition) is 3. The van der Waals surface area contributed by atoms with Crippen molar-refractivity contribution < 1.29 is 9.84 Å². The van der Waals surface area contributed by atoms with Crippen molar-refractivity contribution in [2.75, 3.05) is 20.2 Å². The summed E-state index contributed by atoms with van der Waals surface area (Å²) in [6.45, 7) is 2.18. The van der Waals surface area contributed by atoms with E-state index in [0.29, 0.717) is 18.0 Å². The number of rotatable bonds is 4. The van der Waals surface area contributed by atoms with Crippen LogP contribution in [0.15, 0.2) is 18.2 Å². The minimum absolute atomic E-state index is 0.515. The third-order valence-electron chi connectivity index (χ3n) is 4.75. The van der Waals surface area contributed by atoms with Crippen molar-refractivity contribution in [1.29, 1.82) is 0 Å². The molecule has 1 saturated carbocycles. The summed E-state index contributed by atoms with van der Waals surface area (Å²) >= 11 is 0. The topological polar surface area (TPSA) is 66.4 Å². The Kier molecular flexibility index (Phi) is 4.42. The summed E-state index contributed by atoms with van der Waals surface area (Å²) in [7, 11) is 1.60. The van der Waals surface area contributed by atoms with Gasteiger partial charge in [0, 0.05) is 24.7 Å². The van der Waals surface area contributed by atoms with Gasteiger partial charge in [0.15, 0.2) is 0 Å². The third kappa shape index (κ3) is 3.36. The van der Waals surface area contributed by atoms with Crippen molar-refractivity contribution >= 4 is 0 Å². The SMILES string of the molecule is COc1cccc(C2(O)CCC(N[C@H]3CCNC3)CC2)n1. The number of nitrogens with zero attached hydrogens (tertiary/aromatic N) is 1. The Balaban J connectivity index is 1.60. The highest BCUT2D eigenvalue weighted by atomic mass is 16.5. The Morgan fingerprint density at radius 1 is 1.29 bits per heavy atom. The second-order valence-corrected chi connectivity index (χ2v) is 6.23. The van der Waals surface area contributed by atoms with E-state index in [-0.39, 0.29) is 0 Å². The number of methoxy groups -OCH3 is 1. The molecule has 2 fully saturated rings. The lowest BCUT2D eigenvalue weighted by atomic mass is 9.79. The van der Waals surface area contributed by atoms with Gasteiger partial charge in [-0.25, -0.2) is 4.98 Å². The number of ether oxygens (including phenoxy) is 1. The molecule has 0 spiro atoms. The summed E-state index contributed by atoms with van der Waals surface area (Å²) < 4.78 is 5.16. The first-order chi connectivity index (χ1) is 10.2. The molecule has 0 unspecified atom stereocenters. The Hall–Kier alpha value is -1.17. The van der Waals surface area contributed by atoms with E-state index in [1.165, 1.54) is 6.42 Å². The molecule has 1 aromatic heterocycles. The van der Waals surface area contributed by atoms with Crippen molar-refractivity contribution in [2.24, 2.45) is 0 Å². The lowest BCUT2D eigenvalue weighted by molar-refractivity contribution is -0.0133. The number of aliphatic hydroxyl groups is 1. The fraction of sp³-hybridized carbons (Fsp3) is 0.688. The number of pyridine rings is 1. The molecule has 116 valence electrons. The Morgan fingerprint density at radius 2 is 2.10 bits per heavy atom. The Bertz CT molecular complexity index is 466. The highest BCUT2D eigenvalue weighted by Crippen LogP contribution is 2.36. The van der Waals surface area contributed by atoms with Crippen molar-refractivity contribution in [3.05, 3.63) is 23.9 Å². The maximum Gasteiger partial charge on any atom is 0.213 e. The number of nitrogens with one attached hydrogen (secondary N) is 2. The molecule has 1 aliphatic heterocycles. The summed E-state index contributed by atoms with van der Waals surface area (Å²) in [5.41, 5.74) is -0.0662. The summed E-state index contributed by atoms with van der Waals surface area (Å²) in [6, 6.07) is 6.72. The van der Waals surface area contributed by atoms with Crippen LogP contribution >= 0.6 is 0 Å². The van der Waals surface area contributed by atoms with E-state index in [1.54, 1.807) is 7.11 Å². The number of aromatic nitrogens is 1. The van der Waals surface area contributed by atoms with Crippen molar-refractivity contribution in [3.8, 4) is 5.88 Å². The normalized spacial score (nSPS) is 33.0. The molecule has 5 heteroatoms. The van der Waals surface area contributed by atoms with Crippen LogP contribution in [0.4, 0.5) is 0 Å². The highest BCUT2D eigenvalue weighted by Gasteiger charge is 2.36. The quantitative estimate of drug-likeness (QED) is 0.777. The van der Waals surface area contributed by atoms with Gasteiger partial charge in [0.1, 0.15) is 5.60 Å². The number of hydrogen-bond acceptors (Lipinski definition) is 5. The van der Waals surface area contributed by atoms with Crippen molar-refractivity contribution in [2.45, 2.75) is 49.8 Å². The standard InChI is InChI=1S/C16H25N3O2/c1-21-15-4-2-3-14(19-15)16(20)8-5-12(6-9-16)18-13-7-10-17-11-13/h2-4,12-13,17-18,20H,5-11H2,1H3/t12?,13-,16?/m0/s1. The average molecular weight is 291 g/mol. The van der Waals surface area contributed by atoms with Gasteiger partial charge in [0.05, 0.1) is 12.8 Å². The second kappa shape index (κ2) is 6.30. The molecule has 1 saturated heterocycles. The molecule has 0 aromatic carbocycles. The van der Waals surface area contributed by atoms with Crippen LogP contribution in [-0.2, 0) is 5.60 Å². The van der Waals surface area contributed by atoms with Gasteiger partial charge in [-0.3, -0.25) is 0 Å². The fourth-order valence-corrected chi connectivity index (χ4v) is 3.44. The van der Waals surface area contributed by atoms with Gasteiger partial charge in [-0.2, -0.15) is 0 Å². The van der Waals surface area contributed by atoms with E-state index < -0.39 is 5.60 Å². The molecule has 3 N–H and O–H groups in total. The maximum atomic E-state index is 10.9. The molecule has 1 aliphatic carbocycles. The molecule has 3 rings (SSSR count). The fourth-order valence-electron chi connectivity index (χ4n) is 3.44. The van der Waals surface area contributed by atoms with Gasteiger partial charge in [0.25, 0.3) is 0 Å². The summed E-state index contributed by atoms with van der Waals surface area (Å²) in [5, 5.41) is 18.0. The molecular weight excluding hydrogens is 266 g/mol. The molecule has 2 aliphatic rings. The van der Waals surface area contributed by atoms with Crippen LogP contribution in [0.2, 0.25) is 0 Å². The molecular formula is C16H25N3O2. The van der Waals surface area contributed by atoms with E-state index in [1.807, 2.05) is 18.2 Å². The first-order valence-corrected chi connectivity index (χ1v) is 7.90. The van der Waals surface area contributed by atoms with Crippen LogP contribution < -0.4 is 15.4 Å². The van der Waals surface area contributed by atoms with Crippen molar-refractivity contribution in [3.63, 3.8) is 0 Å². The van der Waals surface area contributed by atoms with Gasteiger partial charge < -0.3 is 20.5 Å². The first-order valence-electron chi connectivity index (χ1n) is 7.90. The zero-order valence-electron chi connectivity index (χ0n) is 12.6. The van der Waals surface area contributed by atoms with E-state index in [4.69, 9.17) is 4.74 Å². The van der Waals surface area contributed by atoms with E-state index in [9.17, 15) is 5.11 Å². The van der Waals surface area contributed by atoms with Crippen LogP contribution in [0.25, 0.3) is 0 Å². The predicted molar refractivity (Wildman–Crippen MR) is 81.4 cm³/mol. The molecule has 21 heavy (non-hydrogen) atoms. The van der Waals surface area contributed by atoms with Crippen LogP contribution in [0.3, 0.4) is 0 Å². The monoisotopic (exact) mass is 291 g/mol. The molecule has 2 heterocycles. The van der Waals surface area contributed by atoms with Gasteiger partial charge >= 0.3 is 0 Å². The van der Waals surface area contributed by atoms with Crippen LogP contribution in [0, 0.1) is 0 Å². The van der Waals surface area contributed by atoms with Crippen LogP contribution in [0.5, 0.6) is 5.88 Å². The minimum Gasteiger partial charge on any atom is -0.481 e. The average Bonchev–Trinajstić information content (AvgIpc) is 3.03. The van der Waals surface area contributed by atoms with E-state index >= 15 is 0 Å². The zero-order valence-corrected chi connectivity index (χ0v) is 12.6. The largest absolute Gasteiger partial charge is 0.481 e.